The van der Waals surface area contributed by atoms with Crippen molar-refractivity contribution in [2.45, 2.75) is 0 Å². The summed E-state index contributed by atoms with van der Waals surface area (Å²) < 4.78 is 11.8. The highest BCUT2D eigenvalue weighted by Gasteiger charge is 2.06. The Labute approximate surface area is 116 Å². The van der Waals surface area contributed by atoms with E-state index >= 15 is 0 Å². The number of hydrogen-bond acceptors (Lipinski definition) is 3. The molecular weight excluding hydrogens is 256 g/mol. The molecule has 19 heavy (non-hydrogen) atoms. The van der Waals surface area contributed by atoms with Crippen LogP contribution >= 0.6 is 11.3 Å². The Balaban J connectivity index is 2.09. The maximum absolute atomic E-state index is 5.27. The lowest BCUT2D eigenvalue weighted by Gasteiger charge is -2.01. The van der Waals surface area contributed by atoms with Crippen LogP contribution in [0.15, 0.2) is 48.5 Å². The van der Waals surface area contributed by atoms with Gasteiger partial charge in [-0.2, -0.15) is 0 Å². The van der Waals surface area contributed by atoms with E-state index in [9.17, 15) is 0 Å². The molecule has 0 aliphatic carbocycles. The summed E-state index contributed by atoms with van der Waals surface area (Å²) in [5.41, 5.74) is 1.18. The zero-order valence-corrected chi connectivity index (χ0v) is 11.7. The van der Waals surface area contributed by atoms with E-state index in [2.05, 4.69) is 30.3 Å². The van der Waals surface area contributed by atoms with Crippen LogP contribution in [0.4, 0.5) is 0 Å². The maximum Gasteiger partial charge on any atom is 0.120 e. The third-order valence-corrected chi connectivity index (χ3v) is 4.23. The zero-order valence-electron chi connectivity index (χ0n) is 10.8. The van der Waals surface area contributed by atoms with Gasteiger partial charge in [-0.25, -0.2) is 0 Å². The first-order chi connectivity index (χ1) is 9.30. The largest absolute Gasteiger partial charge is 0.497 e. The minimum Gasteiger partial charge on any atom is -0.497 e. The highest BCUT2D eigenvalue weighted by atomic mass is 32.1. The van der Waals surface area contributed by atoms with Gasteiger partial charge in [-0.1, -0.05) is 12.1 Å². The fraction of sp³-hybridized carbons (Fsp3) is 0.125. The molecule has 3 heteroatoms. The van der Waals surface area contributed by atoms with Crippen molar-refractivity contribution in [1.82, 2.24) is 0 Å². The Hall–Kier alpha value is -2.00. The van der Waals surface area contributed by atoms with E-state index in [1.54, 1.807) is 25.6 Å². The van der Waals surface area contributed by atoms with Crippen molar-refractivity contribution in [3.8, 4) is 21.9 Å². The summed E-state index contributed by atoms with van der Waals surface area (Å²) in [6.07, 6.45) is 0. The van der Waals surface area contributed by atoms with Crippen molar-refractivity contribution in [2.24, 2.45) is 0 Å². The molecule has 0 saturated heterocycles. The predicted molar refractivity (Wildman–Crippen MR) is 80.4 cm³/mol. The van der Waals surface area contributed by atoms with Gasteiger partial charge < -0.3 is 9.47 Å². The minimum absolute atomic E-state index is 0.882. The van der Waals surface area contributed by atoms with Crippen LogP contribution in [0.2, 0.25) is 0 Å². The standard InChI is InChI=1S/C16H14O2S/c1-17-13-5-3-4-11(8-13)15-9-12-6-7-14(18-2)10-16(12)19-15/h3-10H,1-2H3. The Kier molecular flexibility index (Phi) is 3.13. The van der Waals surface area contributed by atoms with E-state index < -0.39 is 0 Å². The monoisotopic (exact) mass is 270 g/mol. The second-order valence-electron chi connectivity index (χ2n) is 4.25. The smallest absolute Gasteiger partial charge is 0.120 e. The molecular formula is C16H14O2S. The molecule has 3 aromatic rings. The number of ether oxygens (including phenoxy) is 2. The van der Waals surface area contributed by atoms with Gasteiger partial charge in [0.15, 0.2) is 0 Å². The first-order valence-electron chi connectivity index (χ1n) is 6.02. The topological polar surface area (TPSA) is 18.5 Å². The zero-order chi connectivity index (χ0) is 13.2. The average molecular weight is 270 g/mol. The lowest BCUT2D eigenvalue weighted by molar-refractivity contribution is 0.415. The van der Waals surface area contributed by atoms with Gasteiger partial charge in [0, 0.05) is 9.58 Å². The normalized spacial score (nSPS) is 10.6. The Bertz CT molecular complexity index is 716. The molecule has 96 valence electrons. The number of thiophene rings is 1. The van der Waals surface area contributed by atoms with Crippen molar-refractivity contribution >= 4 is 21.4 Å². The molecule has 0 saturated carbocycles. The van der Waals surface area contributed by atoms with Crippen molar-refractivity contribution < 1.29 is 9.47 Å². The molecule has 0 unspecified atom stereocenters. The van der Waals surface area contributed by atoms with Gasteiger partial charge in [-0.3, -0.25) is 0 Å². The van der Waals surface area contributed by atoms with E-state index in [4.69, 9.17) is 9.47 Å². The number of hydrogen-bond donors (Lipinski definition) is 0. The fourth-order valence-corrected chi connectivity index (χ4v) is 3.14. The second kappa shape index (κ2) is 4.94. The predicted octanol–water partition coefficient (Wildman–Crippen LogP) is 4.59. The molecule has 1 aromatic heterocycles. The molecule has 0 aliphatic rings. The van der Waals surface area contributed by atoms with Crippen LogP contribution in [0.25, 0.3) is 20.5 Å². The van der Waals surface area contributed by atoms with E-state index in [1.165, 1.54) is 20.5 Å². The first kappa shape index (κ1) is 12.1. The molecule has 2 aromatic carbocycles. The second-order valence-corrected chi connectivity index (χ2v) is 5.33. The molecule has 0 atom stereocenters. The summed E-state index contributed by atoms with van der Waals surface area (Å²) in [4.78, 5) is 1.24. The molecule has 0 spiro atoms. The van der Waals surface area contributed by atoms with Crippen molar-refractivity contribution in [3.63, 3.8) is 0 Å². The quantitative estimate of drug-likeness (QED) is 0.693. The lowest BCUT2D eigenvalue weighted by atomic mass is 10.1. The summed E-state index contributed by atoms with van der Waals surface area (Å²) in [5, 5.41) is 1.24. The molecule has 0 N–H and O–H groups in total. The van der Waals surface area contributed by atoms with Gasteiger partial charge in [0.1, 0.15) is 11.5 Å². The number of rotatable bonds is 3. The van der Waals surface area contributed by atoms with E-state index in [-0.39, 0.29) is 0 Å². The average Bonchev–Trinajstić information content (AvgIpc) is 2.90. The van der Waals surface area contributed by atoms with E-state index in [0.717, 1.165) is 11.5 Å². The highest BCUT2D eigenvalue weighted by molar-refractivity contribution is 7.22. The first-order valence-corrected chi connectivity index (χ1v) is 6.84. The van der Waals surface area contributed by atoms with Crippen LogP contribution in [0, 0.1) is 0 Å². The lowest BCUT2D eigenvalue weighted by Crippen LogP contribution is -1.81. The fourth-order valence-electron chi connectivity index (χ4n) is 2.06. The van der Waals surface area contributed by atoms with Crippen LogP contribution in [-0.2, 0) is 0 Å². The summed E-state index contributed by atoms with van der Waals surface area (Å²) in [6.45, 7) is 0. The van der Waals surface area contributed by atoms with Crippen LogP contribution in [-0.4, -0.2) is 14.2 Å². The Morgan fingerprint density at radius 2 is 1.63 bits per heavy atom. The van der Waals surface area contributed by atoms with Gasteiger partial charge in [-0.15, -0.1) is 11.3 Å². The molecule has 0 amide bonds. The summed E-state index contributed by atoms with van der Waals surface area (Å²) >= 11 is 1.76. The molecule has 0 bridgehead atoms. The SMILES string of the molecule is COc1cccc(-c2cc3ccc(OC)cc3s2)c1. The number of fused-ring (bicyclic) bond motifs is 1. The molecule has 0 aliphatic heterocycles. The summed E-state index contributed by atoms with van der Waals surface area (Å²) in [5.74, 6) is 1.78. The highest BCUT2D eigenvalue weighted by Crippen LogP contribution is 2.36. The van der Waals surface area contributed by atoms with Crippen molar-refractivity contribution in [2.75, 3.05) is 14.2 Å². The van der Waals surface area contributed by atoms with Gasteiger partial charge in [-0.05, 0) is 47.3 Å². The minimum atomic E-state index is 0.882. The van der Waals surface area contributed by atoms with Gasteiger partial charge in [0.2, 0.25) is 0 Å². The van der Waals surface area contributed by atoms with Crippen LogP contribution in [0.5, 0.6) is 11.5 Å². The van der Waals surface area contributed by atoms with Gasteiger partial charge >= 0.3 is 0 Å². The Morgan fingerprint density at radius 3 is 2.42 bits per heavy atom. The third kappa shape index (κ3) is 2.29. The third-order valence-electron chi connectivity index (χ3n) is 3.08. The van der Waals surface area contributed by atoms with Crippen LogP contribution in [0.3, 0.4) is 0 Å². The van der Waals surface area contributed by atoms with Gasteiger partial charge in [0.05, 0.1) is 14.2 Å². The summed E-state index contributed by atoms with van der Waals surface area (Å²) in [7, 11) is 3.38. The molecule has 3 rings (SSSR count). The molecule has 1 heterocycles. The summed E-state index contributed by atoms with van der Waals surface area (Å²) in [6, 6.07) is 16.5. The molecule has 0 fully saturated rings. The van der Waals surface area contributed by atoms with E-state index in [0.29, 0.717) is 0 Å². The van der Waals surface area contributed by atoms with Crippen LogP contribution < -0.4 is 9.47 Å². The number of benzene rings is 2. The maximum atomic E-state index is 5.27. The molecule has 0 radical (unpaired) electrons. The van der Waals surface area contributed by atoms with Gasteiger partial charge in [0.25, 0.3) is 0 Å². The van der Waals surface area contributed by atoms with Crippen molar-refractivity contribution in [3.05, 3.63) is 48.5 Å². The van der Waals surface area contributed by atoms with E-state index in [1.807, 2.05) is 18.2 Å². The van der Waals surface area contributed by atoms with Crippen LogP contribution in [0.1, 0.15) is 0 Å². The molecule has 2 nitrogen and oxygen atoms in total. The number of methoxy groups -OCH3 is 2. The van der Waals surface area contributed by atoms with Crippen molar-refractivity contribution in [1.29, 1.82) is 0 Å². The Morgan fingerprint density at radius 1 is 0.842 bits per heavy atom.